The lowest BCUT2D eigenvalue weighted by Crippen LogP contribution is -2.28. The minimum absolute atomic E-state index is 0.267. The predicted octanol–water partition coefficient (Wildman–Crippen LogP) is 0.751. The summed E-state index contributed by atoms with van der Waals surface area (Å²) in [6.45, 7) is 2.89. The number of amides is 1. The Morgan fingerprint density at radius 1 is 1.56 bits per heavy atom. The molecule has 5 heteroatoms. The SMILES string of the molecule is CCN(c1nc(C(N)=O)ccc1N)C1CC1. The molecule has 1 amide bonds. The van der Waals surface area contributed by atoms with Crippen molar-refractivity contribution in [3.63, 3.8) is 0 Å². The molecule has 1 aromatic rings. The van der Waals surface area contributed by atoms with Crippen molar-refractivity contribution in [1.29, 1.82) is 0 Å². The van der Waals surface area contributed by atoms with Crippen molar-refractivity contribution in [3.8, 4) is 0 Å². The molecule has 1 aromatic heterocycles. The van der Waals surface area contributed by atoms with Crippen LogP contribution in [0.25, 0.3) is 0 Å². The van der Waals surface area contributed by atoms with Gasteiger partial charge in [-0.1, -0.05) is 0 Å². The molecule has 0 atom stereocenters. The van der Waals surface area contributed by atoms with Gasteiger partial charge in [-0.05, 0) is 31.9 Å². The Kier molecular flexibility index (Phi) is 2.68. The molecule has 4 N–H and O–H groups in total. The maximum absolute atomic E-state index is 11.1. The van der Waals surface area contributed by atoms with E-state index in [9.17, 15) is 4.79 Å². The molecule has 0 bridgehead atoms. The molecule has 1 aliphatic carbocycles. The number of carbonyl (C=O) groups is 1. The third-order valence-corrected chi connectivity index (χ3v) is 2.76. The summed E-state index contributed by atoms with van der Waals surface area (Å²) in [6, 6.07) is 3.76. The van der Waals surface area contributed by atoms with Crippen LogP contribution in [0.4, 0.5) is 11.5 Å². The summed E-state index contributed by atoms with van der Waals surface area (Å²) >= 11 is 0. The lowest BCUT2D eigenvalue weighted by atomic mass is 10.3. The zero-order chi connectivity index (χ0) is 11.7. The van der Waals surface area contributed by atoms with Crippen LogP contribution in [0, 0.1) is 0 Å². The largest absolute Gasteiger partial charge is 0.396 e. The van der Waals surface area contributed by atoms with Gasteiger partial charge in [0.15, 0.2) is 5.82 Å². The van der Waals surface area contributed by atoms with E-state index >= 15 is 0 Å². The molecule has 1 fully saturated rings. The quantitative estimate of drug-likeness (QED) is 0.784. The Morgan fingerprint density at radius 2 is 2.25 bits per heavy atom. The summed E-state index contributed by atoms with van der Waals surface area (Å²) in [5.74, 6) is 0.161. The van der Waals surface area contributed by atoms with Crippen molar-refractivity contribution in [2.75, 3.05) is 17.2 Å². The normalized spacial score (nSPS) is 14.8. The Balaban J connectivity index is 2.36. The van der Waals surface area contributed by atoms with Crippen molar-refractivity contribution < 1.29 is 4.79 Å². The molecule has 0 radical (unpaired) electrons. The summed E-state index contributed by atoms with van der Waals surface area (Å²) in [5.41, 5.74) is 11.9. The van der Waals surface area contributed by atoms with Crippen molar-refractivity contribution in [3.05, 3.63) is 17.8 Å². The average molecular weight is 220 g/mol. The molecule has 1 heterocycles. The van der Waals surface area contributed by atoms with Gasteiger partial charge in [-0.3, -0.25) is 4.79 Å². The van der Waals surface area contributed by atoms with Gasteiger partial charge >= 0.3 is 0 Å². The molecule has 1 aliphatic rings. The highest BCUT2D eigenvalue weighted by atomic mass is 16.1. The van der Waals surface area contributed by atoms with Crippen LogP contribution in [0.15, 0.2) is 12.1 Å². The highest BCUT2D eigenvalue weighted by molar-refractivity contribution is 5.91. The van der Waals surface area contributed by atoms with Crippen LogP contribution in [0.5, 0.6) is 0 Å². The second kappa shape index (κ2) is 4.00. The van der Waals surface area contributed by atoms with Crippen LogP contribution >= 0.6 is 0 Å². The number of pyridine rings is 1. The second-order valence-electron chi connectivity index (χ2n) is 3.99. The van der Waals surface area contributed by atoms with E-state index in [0.29, 0.717) is 17.5 Å². The first-order valence-electron chi connectivity index (χ1n) is 5.46. The number of hydrogen-bond donors (Lipinski definition) is 2. The zero-order valence-corrected chi connectivity index (χ0v) is 9.31. The first-order chi connectivity index (χ1) is 7.63. The van der Waals surface area contributed by atoms with Gasteiger partial charge in [0.05, 0.1) is 5.69 Å². The number of nitrogens with zero attached hydrogens (tertiary/aromatic N) is 2. The molecule has 5 nitrogen and oxygen atoms in total. The number of anilines is 2. The number of nitrogens with two attached hydrogens (primary N) is 2. The third-order valence-electron chi connectivity index (χ3n) is 2.76. The minimum atomic E-state index is -0.520. The first kappa shape index (κ1) is 10.7. The van der Waals surface area contributed by atoms with E-state index in [0.717, 1.165) is 19.4 Å². The molecule has 0 aliphatic heterocycles. The molecule has 0 unspecified atom stereocenters. The summed E-state index contributed by atoms with van der Waals surface area (Å²) in [4.78, 5) is 17.4. The molecule has 0 spiro atoms. The lowest BCUT2D eigenvalue weighted by Gasteiger charge is -2.23. The van der Waals surface area contributed by atoms with Crippen molar-refractivity contribution in [2.24, 2.45) is 5.73 Å². The number of carbonyl (C=O) groups excluding carboxylic acids is 1. The zero-order valence-electron chi connectivity index (χ0n) is 9.31. The fourth-order valence-corrected chi connectivity index (χ4v) is 1.79. The highest BCUT2D eigenvalue weighted by Gasteiger charge is 2.30. The first-order valence-corrected chi connectivity index (χ1v) is 5.46. The third kappa shape index (κ3) is 1.93. The number of rotatable bonds is 4. The standard InChI is InChI=1S/C11H16N4O/c1-2-15(7-3-4-7)11-8(12)5-6-9(14-11)10(13)16/h5-7H,2-4,12H2,1H3,(H2,13,16). The molecular weight excluding hydrogens is 204 g/mol. The van der Waals surface area contributed by atoms with Gasteiger partial charge in [-0.15, -0.1) is 0 Å². The van der Waals surface area contributed by atoms with Gasteiger partial charge in [-0.2, -0.15) is 0 Å². The van der Waals surface area contributed by atoms with Gasteiger partial charge in [0.25, 0.3) is 5.91 Å². The van der Waals surface area contributed by atoms with Crippen LogP contribution in [0.1, 0.15) is 30.3 Å². The second-order valence-corrected chi connectivity index (χ2v) is 3.99. The monoisotopic (exact) mass is 220 g/mol. The van der Waals surface area contributed by atoms with E-state index in [1.807, 2.05) is 0 Å². The number of hydrogen-bond acceptors (Lipinski definition) is 4. The summed E-state index contributed by atoms with van der Waals surface area (Å²) in [5, 5.41) is 0. The maximum Gasteiger partial charge on any atom is 0.267 e. The average Bonchev–Trinajstić information content (AvgIpc) is 3.05. The van der Waals surface area contributed by atoms with Gasteiger partial charge in [-0.25, -0.2) is 4.98 Å². The van der Waals surface area contributed by atoms with Crippen molar-refractivity contribution in [1.82, 2.24) is 4.98 Å². The molecule has 86 valence electrons. The number of aromatic nitrogens is 1. The topological polar surface area (TPSA) is 85.2 Å². The van der Waals surface area contributed by atoms with Crippen LogP contribution in [-0.2, 0) is 0 Å². The Morgan fingerprint density at radius 3 is 2.75 bits per heavy atom. The van der Waals surface area contributed by atoms with E-state index < -0.39 is 5.91 Å². The smallest absolute Gasteiger partial charge is 0.267 e. The van der Waals surface area contributed by atoms with Crippen LogP contribution in [0.2, 0.25) is 0 Å². The van der Waals surface area contributed by atoms with Crippen LogP contribution in [-0.4, -0.2) is 23.5 Å². The molecular formula is C11H16N4O. The maximum atomic E-state index is 11.1. The van der Waals surface area contributed by atoms with Crippen LogP contribution < -0.4 is 16.4 Å². The van der Waals surface area contributed by atoms with E-state index in [-0.39, 0.29) is 5.69 Å². The summed E-state index contributed by atoms with van der Waals surface area (Å²) in [7, 11) is 0. The summed E-state index contributed by atoms with van der Waals surface area (Å²) < 4.78 is 0. The van der Waals surface area contributed by atoms with Gasteiger partial charge < -0.3 is 16.4 Å². The predicted molar refractivity (Wildman–Crippen MR) is 63.2 cm³/mol. The van der Waals surface area contributed by atoms with E-state index in [4.69, 9.17) is 11.5 Å². The van der Waals surface area contributed by atoms with Gasteiger partial charge in [0.2, 0.25) is 0 Å². The fraction of sp³-hybridized carbons (Fsp3) is 0.455. The van der Waals surface area contributed by atoms with Crippen LogP contribution in [0.3, 0.4) is 0 Å². The Hall–Kier alpha value is -1.78. The Bertz CT molecular complexity index is 414. The molecule has 0 aromatic carbocycles. The molecule has 2 rings (SSSR count). The van der Waals surface area contributed by atoms with Crippen molar-refractivity contribution >= 4 is 17.4 Å². The van der Waals surface area contributed by atoms with E-state index in [1.165, 1.54) is 0 Å². The lowest BCUT2D eigenvalue weighted by molar-refractivity contribution is 0.0995. The summed E-state index contributed by atoms with van der Waals surface area (Å²) in [6.07, 6.45) is 2.32. The molecule has 0 saturated heterocycles. The van der Waals surface area contributed by atoms with E-state index in [1.54, 1.807) is 12.1 Å². The van der Waals surface area contributed by atoms with E-state index in [2.05, 4.69) is 16.8 Å². The van der Waals surface area contributed by atoms with Gasteiger partial charge in [0.1, 0.15) is 5.69 Å². The fourth-order valence-electron chi connectivity index (χ4n) is 1.79. The number of nitrogen functional groups attached to an aromatic ring is 1. The Labute approximate surface area is 94.4 Å². The molecule has 1 saturated carbocycles. The van der Waals surface area contributed by atoms with Gasteiger partial charge in [0, 0.05) is 12.6 Å². The highest BCUT2D eigenvalue weighted by Crippen LogP contribution is 2.33. The number of primary amides is 1. The minimum Gasteiger partial charge on any atom is -0.396 e. The van der Waals surface area contributed by atoms with Crippen molar-refractivity contribution in [2.45, 2.75) is 25.8 Å². The molecule has 16 heavy (non-hydrogen) atoms.